The lowest BCUT2D eigenvalue weighted by atomic mass is 10.1. The number of rotatable bonds is 7. The molecule has 0 unspecified atom stereocenters. The molecule has 0 radical (unpaired) electrons. The standard InChI is InChI=1S/C25H20N2O6/c1-16(32-22(28)15-27-24(30)20-9-5-6-10-21(20)25(27)31)23(29)26-17-11-13-19(14-12-17)33-18-7-3-2-4-8-18/h2-14,16H,15H2,1H3,(H,26,29)/t16-/m0/s1. The van der Waals surface area contributed by atoms with Crippen LogP contribution in [0.15, 0.2) is 78.9 Å². The highest BCUT2D eigenvalue weighted by atomic mass is 16.5. The quantitative estimate of drug-likeness (QED) is 0.441. The van der Waals surface area contributed by atoms with Crippen LogP contribution < -0.4 is 10.1 Å². The molecule has 8 nitrogen and oxygen atoms in total. The van der Waals surface area contributed by atoms with Crippen molar-refractivity contribution in [3.63, 3.8) is 0 Å². The highest BCUT2D eigenvalue weighted by Gasteiger charge is 2.37. The number of hydrogen-bond acceptors (Lipinski definition) is 6. The van der Waals surface area contributed by atoms with Crippen LogP contribution in [0.5, 0.6) is 11.5 Å². The van der Waals surface area contributed by atoms with Crippen molar-refractivity contribution < 1.29 is 28.7 Å². The predicted molar refractivity (Wildman–Crippen MR) is 119 cm³/mol. The van der Waals surface area contributed by atoms with Crippen molar-refractivity contribution in [2.75, 3.05) is 11.9 Å². The number of ether oxygens (including phenoxy) is 2. The van der Waals surface area contributed by atoms with Crippen LogP contribution >= 0.6 is 0 Å². The van der Waals surface area contributed by atoms with Gasteiger partial charge in [-0.15, -0.1) is 0 Å². The molecule has 1 atom stereocenters. The van der Waals surface area contributed by atoms with E-state index in [0.29, 0.717) is 17.2 Å². The summed E-state index contributed by atoms with van der Waals surface area (Å²) < 4.78 is 10.8. The molecule has 33 heavy (non-hydrogen) atoms. The van der Waals surface area contributed by atoms with E-state index in [1.807, 2.05) is 30.3 Å². The van der Waals surface area contributed by atoms with Gasteiger partial charge in [-0.05, 0) is 55.5 Å². The smallest absolute Gasteiger partial charge is 0.326 e. The number of esters is 1. The molecule has 0 bridgehead atoms. The van der Waals surface area contributed by atoms with Crippen molar-refractivity contribution in [1.82, 2.24) is 4.90 Å². The van der Waals surface area contributed by atoms with E-state index < -0.39 is 36.3 Å². The summed E-state index contributed by atoms with van der Waals surface area (Å²) in [5.74, 6) is -1.27. The lowest BCUT2D eigenvalue weighted by Crippen LogP contribution is -2.38. The average Bonchev–Trinajstić information content (AvgIpc) is 3.06. The van der Waals surface area contributed by atoms with E-state index >= 15 is 0 Å². The van der Waals surface area contributed by atoms with E-state index in [2.05, 4.69) is 5.32 Å². The lowest BCUT2D eigenvalue weighted by Gasteiger charge is -2.17. The summed E-state index contributed by atoms with van der Waals surface area (Å²) >= 11 is 0. The molecule has 0 aliphatic carbocycles. The van der Waals surface area contributed by atoms with Crippen LogP contribution in [0.1, 0.15) is 27.6 Å². The van der Waals surface area contributed by atoms with Crippen molar-refractivity contribution in [1.29, 1.82) is 0 Å². The maximum atomic E-state index is 12.4. The van der Waals surface area contributed by atoms with E-state index in [-0.39, 0.29) is 11.1 Å². The van der Waals surface area contributed by atoms with Gasteiger partial charge in [-0.1, -0.05) is 30.3 Å². The van der Waals surface area contributed by atoms with Crippen LogP contribution in [-0.4, -0.2) is 41.2 Å². The molecular formula is C25H20N2O6. The second kappa shape index (κ2) is 9.35. The Balaban J connectivity index is 1.29. The van der Waals surface area contributed by atoms with Crippen molar-refractivity contribution in [2.45, 2.75) is 13.0 Å². The normalized spacial score (nSPS) is 13.3. The number of para-hydroxylation sites is 1. The van der Waals surface area contributed by atoms with Gasteiger partial charge in [0.05, 0.1) is 11.1 Å². The van der Waals surface area contributed by atoms with E-state index in [1.165, 1.54) is 19.1 Å². The topological polar surface area (TPSA) is 102 Å². The zero-order chi connectivity index (χ0) is 23.4. The first-order valence-electron chi connectivity index (χ1n) is 10.2. The maximum Gasteiger partial charge on any atom is 0.326 e. The maximum absolute atomic E-state index is 12.4. The molecule has 0 saturated carbocycles. The number of imide groups is 1. The van der Waals surface area contributed by atoms with E-state index in [0.717, 1.165) is 4.90 Å². The average molecular weight is 444 g/mol. The highest BCUT2D eigenvalue weighted by molar-refractivity contribution is 6.22. The van der Waals surface area contributed by atoms with Crippen LogP contribution in [0.3, 0.4) is 0 Å². The number of carbonyl (C=O) groups excluding carboxylic acids is 4. The second-order valence-corrected chi connectivity index (χ2v) is 7.30. The summed E-state index contributed by atoms with van der Waals surface area (Å²) in [5.41, 5.74) is 0.963. The fourth-order valence-corrected chi connectivity index (χ4v) is 3.27. The third kappa shape index (κ3) is 4.90. The molecular weight excluding hydrogens is 424 g/mol. The minimum Gasteiger partial charge on any atom is -0.457 e. The van der Waals surface area contributed by atoms with Crippen LogP contribution in [-0.2, 0) is 14.3 Å². The Morgan fingerprint density at radius 3 is 1.97 bits per heavy atom. The summed E-state index contributed by atoms with van der Waals surface area (Å²) in [6.07, 6.45) is -1.13. The Kier molecular flexibility index (Phi) is 6.17. The molecule has 8 heteroatoms. The summed E-state index contributed by atoms with van der Waals surface area (Å²) in [6, 6.07) is 22.3. The molecule has 1 aliphatic heterocycles. The van der Waals surface area contributed by atoms with E-state index in [4.69, 9.17) is 9.47 Å². The summed E-state index contributed by atoms with van der Waals surface area (Å²) in [6.45, 7) is 0.831. The minimum atomic E-state index is -1.13. The monoisotopic (exact) mass is 444 g/mol. The Bertz CT molecular complexity index is 1170. The number of nitrogens with zero attached hydrogens (tertiary/aromatic N) is 1. The van der Waals surface area contributed by atoms with Gasteiger partial charge in [-0.2, -0.15) is 0 Å². The summed E-state index contributed by atoms with van der Waals surface area (Å²) in [5, 5.41) is 2.64. The third-order valence-corrected chi connectivity index (χ3v) is 4.94. The molecule has 3 amide bonds. The number of carbonyl (C=O) groups is 4. The fourth-order valence-electron chi connectivity index (χ4n) is 3.27. The molecule has 1 aliphatic rings. The van der Waals surface area contributed by atoms with E-state index in [1.54, 1.807) is 36.4 Å². The number of nitrogens with one attached hydrogen (secondary N) is 1. The third-order valence-electron chi connectivity index (χ3n) is 4.94. The first-order valence-corrected chi connectivity index (χ1v) is 10.2. The molecule has 166 valence electrons. The Hall–Kier alpha value is -4.46. The Morgan fingerprint density at radius 1 is 0.818 bits per heavy atom. The van der Waals surface area contributed by atoms with Gasteiger partial charge >= 0.3 is 5.97 Å². The first-order chi connectivity index (χ1) is 15.9. The van der Waals surface area contributed by atoms with Gasteiger partial charge in [0.1, 0.15) is 18.0 Å². The predicted octanol–water partition coefficient (Wildman–Crippen LogP) is 3.65. The van der Waals surface area contributed by atoms with Crippen molar-refractivity contribution >= 4 is 29.4 Å². The largest absolute Gasteiger partial charge is 0.457 e. The SMILES string of the molecule is C[C@H](OC(=O)CN1C(=O)c2ccccc2C1=O)C(=O)Nc1ccc(Oc2ccccc2)cc1. The van der Waals surface area contributed by atoms with Crippen LogP contribution in [0.2, 0.25) is 0 Å². The zero-order valence-corrected chi connectivity index (χ0v) is 17.7. The van der Waals surface area contributed by atoms with Crippen molar-refractivity contribution in [2.24, 2.45) is 0 Å². The van der Waals surface area contributed by atoms with E-state index in [9.17, 15) is 19.2 Å². The molecule has 0 spiro atoms. The number of amides is 3. The van der Waals surface area contributed by atoms with Gasteiger partial charge in [-0.25, -0.2) is 0 Å². The minimum absolute atomic E-state index is 0.237. The van der Waals surface area contributed by atoms with Crippen LogP contribution in [0.25, 0.3) is 0 Å². The summed E-state index contributed by atoms with van der Waals surface area (Å²) in [4.78, 5) is 50.2. The Morgan fingerprint density at radius 2 is 1.36 bits per heavy atom. The Labute approximate surface area is 189 Å². The molecule has 0 aromatic heterocycles. The molecule has 4 rings (SSSR count). The van der Waals surface area contributed by atoms with Gasteiger partial charge in [0.2, 0.25) is 0 Å². The first kappa shape index (κ1) is 21.8. The molecule has 3 aromatic rings. The molecule has 1 heterocycles. The molecule has 3 aromatic carbocycles. The van der Waals surface area contributed by atoms with Gasteiger partial charge < -0.3 is 14.8 Å². The molecule has 0 fully saturated rings. The van der Waals surface area contributed by atoms with Crippen LogP contribution in [0.4, 0.5) is 5.69 Å². The highest BCUT2D eigenvalue weighted by Crippen LogP contribution is 2.23. The number of fused-ring (bicyclic) bond motifs is 1. The number of anilines is 1. The van der Waals surface area contributed by atoms with Crippen LogP contribution in [0, 0.1) is 0 Å². The number of benzene rings is 3. The van der Waals surface area contributed by atoms with Gasteiger partial charge in [0.25, 0.3) is 17.7 Å². The second-order valence-electron chi connectivity index (χ2n) is 7.30. The van der Waals surface area contributed by atoms with Crippen molar-refractivity contribution in [3.8, 4) is 11.5 Å². The fraction of sp³-hybridized carbons (Fsp3) is 0.120. The molecule has 0 saturated heterocycles. The molecule has 1 N–H and O–H groups in total. The van der Waals surface area contributed by atoms with Gasteiger partial charge in [0.15, 0.2) is 6.10 Å². The van der Waals surface area contributed by atoms with Gasteiger partial charge in [-0.3, -0.25) is 24.1 Å². The number of hydrogen-bond donors (Lipinski definition) is 1. The van der Waals surface area contributed by atoms with Gasteiger partial charge in [0, 0.05) is 5.69 Å². The lowest BCUT2D eigenvalue weighted by molar-refractivity contribution is -0.153. The zero-order valence-electron chi connectivity index (χ0n) is 17.7. The summed E-state index contributed by atoms with van der Waals surface area (Å²) in [7, 11) is 0. The van der Waals surface area contributed by atoms with Crippen molar-refractivity contribution in [3.05, 3.63) is 90.0 Å².